The molecule has 0 atom stereocenters. The first-order chi connectivity index (χ1) is 11.8. The van der Waals surface area contributed by atoms with Crippen molar-refractivity contribution in [3.05, 3.63) is 54.6 Å². The van der Waals surface area contributed by atoms with E-state index in [1.54, 1.807) is 25.6 Å². The molecule has 0 radical (unpaired) electrons. The molecule has 1 heterocycles. The molecule has 1 aromatic heterocycles. The fourth-order valence-electron chi connectivity index (χ4n) is 2.76. The summed E-state index contributed by atoms with van der Waals surface area (Å²) in [4.78, 5) is 4.67. The van der Waals surface area contributed by atoms with E-state index in [-0.39, 0.29) is 0 Å². The standard InChI is InChI=1S/C19H16N2O2S/c1-22-16-10-15-18(11-17(16)23-2)24-19(21-15)20-14-9-5-7-12-6-3-4-8-13(12)14/h3-11H,1-2H3,(H,20,21). The predicted octanol–water partition coefficient (Wildman–Crippen LogP) is 5.21. The minimum Gasteiger partial charge on any atom is -0.493 e. The molecule has 5 heteroatoms. The van der Waals surface area contributed by atoms with E-state index < -0.39 is 0 Å². The van der Waals surface area contributed by atoms with Crippen LogP contribution in [0.15, 0.2) is 54.6 Å². The lowest BCUT2D eigenvalue weighted by atomic mass is 10.1. The SMILES string of the molecule is COc1cc2nc(Nc3cccc4ccccc34)sc2cc1OC. The van der Waals surface area contributed by atoms with Crippen molar-refractivity contribution in [1.29, 1.82) is 0 Å². The third-order valence-electron chi connectivity index (χ3n) is 3.92. The van der Waals surface area contributed by atoms with E-state index in [4.69, 9.17) is 9.47 Å². The Balaban J connectivity index is 1.76. The number of aromatic nitrogens is 1. The Hall–Kier alpha value is -2.79. The van der Waals surface area contributed by atoms with Gasteiger partial charge in [-0.25, -0.2) is 4.98 Å². The molecule has 24 heavy (non-hydrogen) atoms. The average Bonchev–Trinajstić information content (AvgIpc) is 3.02. The Morgan fingerprint density at radius 2 is 1.67 bits per heavy atom. The quantitative estimate of drug-likeness (QED) is 0.555. The fourth-order valence-corrected chi connectivity index (χ4v) is 3.65. The zero-order chi connectivity index (χ0) is 16.5. The molecular formula is C19H16N2O2S. The highest BCUT2D eigenvalue weighted by atomic mass is 32.1. The Bertz CT molecular complexity index is 980. The van der Waals surface area contributed by atoms with Crippen molar-refractivity contribution >= 4 is 43.1 Å². The second kappa shape index (κ2) is 6.02. The van der Waals surface area contributed by atoms with E-state index in [2.05, 4.69) is 34.6 Å². The van der Waals surface area contributed by atoms with Crippen LogP contribution in [-0.4, -0.2) is 19.2 Å². The van der Waals surface area contributed by atoms with Gasteiger partial charge in [-0.1, -0.05) is 47.7 Å². The molecule has 0 saturated heterocycles. The molecule has 120 valence electrons. The maximum atomic E-state index is 5.36. The molecule has 4 rings (SSSR count). The molecule has 0 aliphatic heterocycles. The molecule has 0 aliphatic rings. The van der Waals surface area contributed by atoms with E-state index in [0.717, 1.165) is 21.0 Å². The number of ether oxygens (including phenoxy) is 2. The number of hydrogen-bond acceptors (Lipinski definition) is 5. The van der Waals surface area contributed by atoms with E-state index >= 15 is 0 Å². The summed E-state index contributed by atoms with van der Waals surface area (Å²) in [6, 6.07) is 18.4. The first-order valence-electron chi connectivity index (χ1n) is 7.56. The molecule has 4 aromatic rings. The number of methoxy groups -OCH3 is 2. The third kappa shape index (κ3) is 2.53. The van der Waals surface area contributed by atoms with Crippen LogP contribution in [0.4, 0.5) is 10.8 Å². The topological polar surface area (TPSA) is 43.4 Å². The summed E-state index contributed by atoms with van der Waals surface area (Å²) < 4.78 is 11.8. The largest absolute Gasteiger partial charge is 0.493 e. The van der Waals surface area contributed by atoms with Crippen molar-refractivity contribution in [3.8, 4) is 11.5 Å². The maximum absolute atomic E-state index is 5.36. The van der Waals surface area contributed by atoms with Gasteiger partial charge in [-0.2, -0.15) is 0 Å². The molecule has 4 nitrogen and oxygen atoms in total. The van der Waals surface area contributed by atoms with Gasteiger partial charge in [-0.15, -0.1) is 0 Å². The highest BCUT2D eigenvalue weighted by Gasteiger charge is 2.11. The summed E-state index contributed by atoms with van der Waals surface area (Å²) in [5.41, 5.74) is 1.94. The van der Waals surface area contributed by atoms with Crippen molar-refractivity contribution in [1.82, 2.24) is 4.98 Å². The highest BCUT2D eigenvalue weighted by molar-refractivity contribution is 7.22. The summed E-state index contributed by atoms with van der Waals surface area (Å²) in [5.74, 6) is 1.40. The van der Waals surface area contributed by atoms with Crippen molar-refractivity contribution < 1.29 is 9.47 Å². The van der Waals surface area contributed by atoms with Crippen LogP contribution in [-0.2, 0) is 0 Å². The monoisotopic (exact) mass is 336 g/mol. The van der Waals surface area contributed by atoms with E-state index in [0.29, 0.717) is 11.5 Å². The van der Waals surface area contributed by atoms with Crippen molar-refractivity contribution in [2.24, 2.45) is 0 Å². The van der Waals surface area contributed by atoms with E-state index in [1.165, 1.54) is 10.8 Å². The van der Waals surface area contributed by atoms with Gasteiger partial charge in [0.05, 0.1) is 24.4 Å². The normalized spacial score (nSPS) is 10.9. The van der Waals surface area contributed by atoms with E-state index in [1.807, 2.05) is 30.3 Å². The van der Waals surface area contributed by atoms with Crippen LogP contribution in [0.2, 0.25) is 0 Å². The first kappa shape index (κ1) is 14.8. The van der Waals surface area contributed by atoms with Gasteiger partial charge in [0.15, 0.2) is 16.6 Å². The maximum Gasteiger partial charge on any atom is 0.188 e. The lowest BCUT2D eigenvalue weighted by molar-refractivity contribution is 0.356. The Morgan fingerprint density at radius 1 is 0.917 bits per heavy atom. The number of hydrogen-bond donors (Lipinski definition) is 1. The summed E-state index contributed by atoms with van der Waals surface area (Å²) in [7, 11) is 3.27. The third-order valence-corrected chi connectivity index (χ3v) is 4.86. The zero-order valence-corrected chi connectivity index (χ0v) is 14.2. The Kier molecular flexibility index (Phi) is 3.70. The number of benzene rings is 3. The van der Waals surface area contributed by atoms with Crippen LogP contribution < -0.4 is 14.8 Å². The minimum atomic E-state index is 0.687. The number of anilines is 2. The van der Waals surface area contributed by atoms with Gasteiger partial charge in [0.25, 0.3) is 0 Å². The van der Waals surface area contributed by atoms with Gasteiger partial charge in [0.1, 0.15) is 0 Å². The van der Waals surface area contributed by atoms with Gasteiger partial charge in [0.2, 0.25) is 0 Å². The zero-order valence-electron chi connectivity index (χ0n) is 13.4. The second-order valence-corrected chi connectivity index (χ2v) is 6.38. The molecular weight excluding hydrogens is 320 g/mol. The number of thiazole rings is 1. The first-order valence-corrected chi connectivity index (χ1v) is 8.37. The smallest absolute Gasteiger partial charge is 0.188 e. The molecule has 3 aromatic carbocycles. The van der Waals surface area contributed by atoms with Crippen LogP contribution in [0.3, 0.4) is 0 Å². The summed E-state index contributed by atoms with van der Waals surface area (Å²) >= 11 is 1.59. The van der Waals surface area contributed by atoms with Crippen LogP contribution in [0.5, 0.6) is 11.5 Å². The molecule has 0 spiro atoms. The lowest BCUT2D eigenvalue weighted by Gasteiger charge is -2.06. The number of fused-ring (bicyclic) bond motifs is 2. The molecule has 0 aliphatic carbocycles. The fraction of sp³-hybridized carbons (Fsp3) is 0.105. The van der Waals surface area contributed by atoms with Gasteiger partial charge in [0, 0.05) is 23.2 Å². The summed E-state index contributed by atoms with van der Waals surface area (Å²) in [6.45, 7) is 0. The summed E-state index contributed by atoms with van der Waals surface area (Å²) in [5, 5.41) is 6.66. The van der Waals surface area contributed by atoms with Gasteiger partial charge in [-0.3, -0.25) is 0 Å². The number of nitrogens with one attached hydrogen (secondary N) is 1. The van der Waals surface area contributed by atoms with Crippen LogP contribution in [0.1, 0.15) is 0 Å². The molecule has 1 N–H and O–H groups in total. The van der Waals surface area contributed by atoms with Crippen molar-refractivity contribution in [2.75, 3.05) is 19.5 Å². The van der Waals surface area contributed by atoms with E-state index in [9.17, 15) is 0 Å². The summed E-state index contributed by atoms with van der Waals surface area (Å²) in [6.07, 6.45) is 0. The molecule has 0 saturated carbocycles. The average molecular weight is 336 g/mol. The van der Waals surface area contributed by atoms with Gasteiger partial charge >= 0.3 is 0 Å². The van der Waals surface area contributed by atoms with Crippen molar-refractivity contribution in [3.63, 3.8) is 0 Å². The molecule has 0 fully saturated rings. The highest BCUT2D eigenvalue weighted by Crippen LogP contribution is 2.37. The molecule has 0 unspecified atom stereocenters. The predicted molar refractivity (Wildman–Crippen MR) is 100.0 cm³/mol. The van der Waals surface area contributed by atoms with Crippen LogP contribution >= 0.6 is 11.3 Å². The minimum absolute atomic E-state index is 0.687. The molecule has 0 bridgehead atoms. The van der Waals surface area contributed by atoms with Crippen LogP contribution in [0, 0.1) is 0 Å². The lowest BCUT2D eigenvalue weighted by Crippen LogP contribution is -1.91. The van der Waals surface area contributed by atoms with Crippen LogP contribution in [0.25, 0.3) is 21.0 Å². The van der Waals surface area contributed by atoms with Gasteiger partial charge < -0.3 is 14.8 Å². The van der Waals surface area contributed by atoms with Gasteiger partial charge in [-0.05, 0) is 11.5 Å². The molecule has 0 amide bonds. The number of nitrogens with zero attached hydrogens (tertiary/aromatic N) is 1. The Labute approximate surface area is 143 Å². The second-order valence-electron chi connectivity index (χ2n) is 5.35. The van der Waals surface area contributed by atoms with Crippen molar-refractivity contribution in [2.45, 2.75) is 0 Å². The Morgan fingerprint density at radius 3 is 2.50 bits per heavy atom. The number of rotatable bonds is 4.